The van der Waals surface area contributed by atoms with Gasteiger partial charge in [-0.1, -0.05) is 42.5 Å². The van der Waals surface area contributed by atoms with Crippen molar-refractivity contribution in [2.75, 3.05) is 0 Å². The third kappa shape index (κ3) is 3.94. The first-order chi connectivity index (χ1) is 12.2. The fourth-order valence-electron chi connectivity index (χ4n) is 2.66. The highest BCUT2D eigenvalue weighted by Gasteiger charge is 2.20. The number of sulfonamides is 2. The maximum Gasteiger partial charge on any atom is 0.241 e. The summed E-state index contributed by atoms with van der Waals surface area (Å²) >= 11 is 0. The fraction of sp³-hybridized carbons (Fsp3) is 0.111. The Balaban J connectivity index is 1.91. The van der Waals surface area contributed by atoms with E-state index < -0.39 is 26.1 Å². The highest BCUT2D eigenvalue weighted by molar-refractivity contribution is 7.89. The summed E-state index contributed by atoms with van der Waals surface area (Å²) in [4.78, 5) is 0.0809. The van der Waals surface area contributed by atoms with Gasteiger partial charge in [0.05, 0.1) is 9.79 Å². The number of benzene rings is 3. The van der Waals surface area contributed by atoms with E-state index in [0.717, 1.165) is 10.8 Å². The van der Waals surface area contributed by atoms with E-state index in [9.17, 15) is 16.8 Å². The zero-order valence-corrected chi connectivity index (χ0v) is 15.6. The van der Waals surface area contributed by atoms with E-state index in [1.54, 1.807) is 25.1 Å². The van der Waals surface area contributed by atoms with Gasteiger partial charge in [-0.3, -0.25) is 0 Å². The van der Waals surface area contributed by atoms with E-state index >= 15 is 0 Å². The van der Waals surface area contributed by atoms with Crippen molar-refractivity contribution in [2.24, 2.45) is 5.14 Å². The number of nitrogens with one attached hydrogen (secondary N) is 1. The van der Waals surface area contributed by atoms with Crippen molar-refractivity contribution in [2.45, 2.75) is 22.8 Å². The van der Waals surface area contributed by atoms with Gasteiger partial charge in [-0.05, 0) is 47.5 Å². The molecule has 8 heteroatoms. The van der Waals surface area contributed by atoms with Gasteiger partial charge >= 0.3 is 0 Å². The molecule has 0 aliphatic rings. The van der Waals surface area contributed by atoms with E-state index in [4.69, 9.17) is 5.14 Å². The van der Waals surface area contributed by atoms with Crippen LogP contribution in [0.15, 0.2) is 76.5 Å². The Labute approximate surface area is 152 Å². The first-order valence-corrected chi connectivity index (χ1v) is 10.8. The van der Waals surface area contributed by atoms with Crippen LogP contribution in [0, 0.1) is 0 Å². The smallest absolute Gasteiger partial charge is 0.225 e. The normalized spacial score (nSPS) is 13.6. The van der Waals surface area contributed by atoms with E-state index in [1.165, 1.54) is 24.3 Å². The van der Waals surface area contributed by atoms with Crippen LogP contribution < -0.4 is 9.86 Å². The predicted octanol–water partition coefficient (Wildman–Crippen LogP) is 2.53. The van der Waals surface area contributed by atoms with Crippen LogP contribution in [-0.4, -0.2) is 16.8 Å². The van der Waals surface area contributed by atoms with Crippen molar-refractivity contribution < 1.29 is 16.8 Å². The van der Waals surface area contributed by atoms with Crippen LogP contribution in [0.2, 0.25) is 0 Å². The molecule has 0 aliphatic carbocycles. The van der Waals surface area contributed by atoms with Gasteiger partial charge in [0.1, 0.15) is 0 Å². The Morgan fingerprint density at radius 2 is 1.50 bits per heavy atom. The van der Waals surface area contributed by atoms with Gasteiger partial charge in [0.15, 0.2) is 0 Å². The highest BCUT2D eigenvalue weighted by Crippen LogP contribution is 2.22. The third-order valence-corrected chi connectivity index (χ3v) is 6.50. The lowest BCUT2D eigenvalue weighted by molar-refractivity contribution is 0.567. The summed E-state index contributed by atoms with van der Waals surface area (Å²) in [5, 5.41) is 6.89. The molecule has 0 fully saturated rings. The Morgan fingerprint density at radius 3 is 2.19 bits per heavy atom. The summed E-state index contributed by atoms with van der Waals surface area (Å²) in [6.07, 6.45) is 0. The van der Waals surface area contributed by atoms with Gasteiger partial charge < -0.3 is 0 Å². The molecule has 0 amide bonds. The van der Waals surface area contributed by atoms with E-state index in [-0.39, 0.29) is 9.79 Å². The molecule has 1 unspecified atom stereocenters. The summed E-state index contributed by atoms with van der Waals surface area (Å²) in [5.74, 6) is 0. The van der Waals surface area contributed by atoms with Gasteiger partial charge in [-0.25, -0.2) is 26.7 Å². The number of primary sulfonamides is 1. The molecule has 0 saturated carbocycles. The van der Waals surface area contributed by atoms with E-state index in [2.05, 4.69) is 4.72 Å². The highest BCUT2D eigenvalue weighted by atomic mass is 32.2. The number of hydrogen-bond acceptors (Lipinski definition) is 4. The SMILES string of the molecule is CC(NS(=O)(=O)c1ccc2ccccc2c1)c1cccc(S(N)(=O)=O)c1. The van der Waals surface area contributed by atoms with Gasteiger partial charge in [0.2, 0.25) is 20.0 Å². The molecule has 0 aromatic heterocycles. The van der Waals surface area contributed by atoms with Crippen molar-refractivity contribution in [1.82, 2.24) is 4.72 Å². The van der Waals surface area contributed by atoms with Crippen molar-refractivity contribution in [1.29, 1.82) is 0 Å². The molecule has 6 nitrogen and oxygen atoms in total. The van der Waals surface area contributed by atoms with Crippen LogP contribution in [0.3, 0.4) is 0 Å². The molecule has 1 atom stereocenters. The summed E-state index contributed by atoms with van der Waals surface area (Å²) in [6, 6.07) is 17.6. The molecule has 0 saturated heterocycles. The Bertz CT molecular complexity index is 1170. The summed E-state index contributed by atoms with van der Waals surface area (Å²) < 4.78 is 50.9. The predicted molar refractivity (Wildman–Crippen MR) is 100 cm³/mol. The molecule has 0 aliphatic heterocycles. The first-order valence-electron chi connectivity index (χ1n) is 7.81. The number of fused-ring (bicyclic) bond motifs is 1. The average Bonchev–Trinajstić information content (AvgIpc) is 2.60. The molecule has 0 bridgehead atoms. The first kappa shape index (κ1) is 18.5. The number of rotatable bonds is 5. The van der Waals surface area contributed by atoms with Gasteiger partial charge in [0.25, 0.3) is 0 Å². The van der Waals surface area contributed by atoms with E-state index in [1.807, 2.05) is 24.3 Å². The minimum atomic E-state index is -3.86. The topological polar surface area (TPSA) is 106 Å². The summed E-state index contributed by atoms with van der Waals surface area (Å²) in [5.41, 5.74) is 0.501. The number of hydrogen-bond donors (Lipinski definition) is 2. The van der Waals surface area contributed by atoms with Gasteiger partial charge in [-0.2, -0.15) is 0 Å². The molecular weight excluding hydrogens is 372 g/mol. The molecule has 0 spiro atoms. The molecular formula is C18H18N2O4S2. The van der Waals surface area contributed by atoms with Crippen LogP contribution in [0.5, 0.6) is 0 Å². The van der Waals surface area contributed by atoms with Crippen LogP contribution in [0.1, 0.15) is 18.5 Å². The molecule has 3 aromatic rings. The maximum atomic E-state index is 12.7. The van der Waals surface area contributed by atoms with Crippen LogP contribution in [-0.2, 0) is 20.0 Å². The summed E-state index contributed by atoms with van der Waals surface area (Å²) in [6.45, 7) is 1.64. The molecule has 3 aromatic carbocycles. The fourth-order valence-corrected chi connectivity index (χ4v) is 4.50. The van der Waals surface area contributed by atoms with Crippen LogP contribution in [0.25, 0.3) is 10.8 Å². The van der Waals surface area contributed by atoms with Crippen LogP contribution in [0.4, 0.5) is 0 Å². The molecule has 0 radical (unpaired) electrons. The Hall–Kier alpha value is -2.26. The van der Waals surface area contributed by atoms with Crippen LogP contribution >= 0.6 is 0 Å². The molecule has 3 rings (SSSR count). The van der Waals surface area contributed by atoms with Crippen molar-refractivity contribution in [3.63, 3.8) is 0 Å². The zero-order valence-electron chi connectivity index (χ0n) is 14.0. The maximum absolute atomic E-state index is 12.7. The molecule has 3 N–H and O–H groups in total. The van der Waals surface area contributed by atoms with E-state index in [0.29, 0.717) is 5.56 Å². The second-order valence-electron chi connectivity index (χ2n) is 5.97. The average molecular weight is 390 g/mol. The lowest BCUT2D eigenvalue weighted by Crippen LogP contribution is -2.27. The number of nitrogens with two attached hydrogens (primary N) is 1. The second kappa shape index (κ2) is 6.81. The summed E-state index contributed by atoms with van der Waals surface area (Å²) in [7, 11) is -7.63. The largest absolute Gasteiger partial charge is 0.241 e. The van der Waals surface area contributed by atoms with Gasteiger partial charge in [0, 0.05) is 6.04 Å². The minimum Gasteiger partial charge on any atom is -0.225 e. The van der Waals surface area contributed by atoms with Crippen molar-refractivity contribution in [3.8, 4) is 0 Å². The molecule has 136 valence electrons. The van der Waals surface area contributed by atoms with Crippen molar-refractivity contribution in [3.05, 3.63) is 72.3 Å². The minimum absolute atomic E-state index is 0.0632. The Morgan fingerprint density at radius 1 is 0.808 bits per heavy atom. The molecule has 0 heterocycles. The lowest BCUT2D eigenvalue weighted by atomic mass is 10.1. The quantitative estimate of drug-likeness (QED) is 0.698. The van der Waals surface area contributed by atoms with Gasteiger partial charge in [-0.15, -0.1) is 0 Å². The zero-order chi connectivity index (χ0) is 18.9. The monoisotopic (exact) mass is 390 g/mol. The molecule has 26 heavy (non-hydrogen) atoms. The second-order valence-corrected chi connectivity index (χ2v) is 9.24. The standard InChI is InChI=1S/C18H18N2O4S2/c1-13(15-7-4-8-17(11-15)25(19,21)22)20-26(23,24)18-10-9-14-5-2-3-6-16(14)12-18/h2-13,20H,1H3,(H2,19,21,22). The third-order valence-electron chi connectivity index (χ3n) is 4.05. The van der Waals surface area contributed by atoms with Crippen molar-refractivity contribution >= 4 is 30.8 Å². The lowest BCUT2D eigenvalue weighted by Gasteiger charge is -2.16. The Kier molecular flexibility index (Phi) is 4.85.